The number of amides is 1. The fourth-order valence-electron chi connectivity index (χ4n) is 1.46. The van der Waals surface area contributed by atoms with Crippen molar-refractivity contribution in [2.75, 3.05) is 11.9 Å². The molecule has 1 amide bonds. The third kappa shape index (κ3) is 4.44. The first-order chi connectivity index (χ1) is 8.67. The number of carbonyl (C=O) groups excluding carboxylic acids is 1. The number of nitrogens with one attached hydrogen (secondary N) is 1. The minimum atomic E-state index is -0.501. The topological polar surface area (TPSA) is 88.1 Å². The summed E-state index contributed by atoms with van der Waals surface area (Å²) in [7, 11) is 0. The van der Waals surface area contributed by atoms with Crippen molar-refractivity contribution in [1.29, 1.82) is 5.26 Å². The summed E-state index contributed by atoms with van der Waals surface area (Å²) in [6.45, 7) is 1.95. The summed E-state index contributed by atoms with van der Waals surface area (Å²) in [4.78, 5) is 11.7. The van der Waals surface area contributed by atoms with Crippen molar-refractivity contribution in [1.82, 2.24) is 0 Å². The van der Waals surface area contributed by atoms with E-state index in [0.717, 1.165) is 6.42 Å². The summed E-state index contributed by atoms with van der Waals surface area (Å²) in [5.41, 5.74) is 6.32. The Morgan fingerprint density at radius 2 is 2.39 bits per heavy atom. The lowest BCUT2D eigenvalue weighted by atomic mass is 10.1. The first-order valence-electron chi connectivity index (χ1n) is 5.83. The lowest BCUT2D eigenvalue weighted by Gasteiger charge is -2.11. The number of carbonyl (C=O) groups is 1. The van der Waals surface area contributed by atoms with Crippen LogP contribution in [0.2, 0.25) is 0 Å². The molecule has 1 aromatic carbocycles. The van der Waals surface area contributed by atoms with Crippen molar-refractivity contribution < 1.29 is 9.53 Å². The lowest BCUT2D eigenvalue weighted by Crippen LogP contribution is -2.35. The molecular weight excluding hydrogens is 230 g/mol. The Hall–Kier alpha value is -2.06. The van der Waals surface area contributed by atoms with Crippen LogP contribution >= 0.6 is 0 Å². The first-order valence-corrected chi connectivity index (χ1v) is 5.83. The zero-order chi connectivity index (χ0) is 13.4. The SMILES string of the molecule is CCC[C@@H](N)C(=O)Nc1cccc(OCC#N)c1. The second-order valence-corrected chi connectivity index (χ2v) is 3.86. The van der Waals surface area contributed by atoms with Crippen LogP contribution in [0.4, 0.5) is 5.69 Å². The van der Waals surface area contributed by atoms with Crippen LogP contribution in [0.3, 0.4) is 0 Å². The molecule has 0 saturated heterocycles. The van der Waals surface area contributed by atoms with Gasteiger partial charge in [-0.05, 0) is 18.6 Å². The fraction of sp³-hybridized carbons (Fsp3) is 0.385. The van der Waals surface area contributed by atoms with Crippen molar-refractivity contribution in [3.63, 3.8) is 0 Å². The number of hydrogen-bond acceptors (Lipinski definition) is 4. The molecule has 1 rings (SSSR count). The highest BCUT2D eigenvalue weighted by molar-refractivity contribution is 5.94. The zero-order valence-corrected chi connectivity index (χ0v) is 10.3. The van der Waals surface area contributed by atoms with Crippen molar-refractivity contribution in [2.24, 2.45) is 5.73 Å². The number of nitrogens with two attached hydrogens (primary N) is 1. The molecule has 1 atom stereocenters. The van der Waals surface area contributed by atoms with Gasteiger partial charge in [0.05, 0.1) is 6.04 Å². The van der Waals surface area contributed by atoms with Crippen LogP contribution in [0.15, 0.2) is 24.3 Å². The summed E-state index contributed by atoms with van der Waals surface area (Å²) < 4.78 is 5.14. The predicted octanol–water partition coefficient (Wildman–Crippen LogP) is 1.65. The van der Waals surface area contributed by atoms with Crippen molar-refractivity contribution in [3.8, 4) is 11.8 Å². The standard InChI is InChI=1S/C13H17N3O2/c1-2-4-12(15)13(17)16-10-5-3-6-11(9-10)18-8-7-14/h3,5-6,9,12H,2,4,8,15H2,1H3,(H,16,17)/t12-/m1/s1. The molecule has 1 aromatic rings. The molecule has 18 heavy (non-hydrogen) atoms. The van der Waals surface area contributed by atoms with Crippen LogP contribution < -0.4 is 15.8 Å². The maximum Gasteiger partial charge on any atom is 0.241 e. The summed E-state index contributed by atoms with van der Waals surface area (Å²) >= 11 is 0. The van der Waals surface area contributed by atoms with Crippen LogP contribution in [0, 0.1) is 11.3 Å². The quantitative estimate of drug-likeness (QED) is 0.800. The minimum Gasteiger partial charge on any atom is -0.479 e. The minimum absolute atomic E-state index is 0.0211. The largest absolute Gasteiger partial charge is 0.479 e. The summed E-state index contributed by atoms with van der Waals surface area (Å²) in [6.07, 6.45) is 1.51. The molecule has 96 valence electrons. The van der Waals surface area contributed by atoms with E-state index in [1.807, 2.05) is 13.0 Å². The molecule has 3 N–H and O–H groups in total. The van der Waals surface area contributed by atoms with E-state index < -0.39 is 6.04 Å². The Kier molecular flexibility index (Phi) is 5.68. The van der Waals surface area contributed by atoms with Gasteiger partial charge in [-0.3, -0.25) is 4.79 Å². The Bertz CT molecular complexity index is 440. The lowest BCUT2D eigenvalue weighted by molar-refractivity contribution is -0.117. The van der Waals surface area contributed by atoms with Gasteiger partial charge in [-0.25, -0.2) is 0 Å². The van der Waals surface area contributed by atoms with Crippen LogP contribution in [-0.4, -0.2) is 18.6 Å². The van der Waals surface area contributed by atoms with E-state index >= 15 is 0 Å². The Morgan fingerprint density at radius 3 is 3.06 bits per heavy atom. The molecule has 0 spiro atoms. The van der Waals surface area contributed by atoms with E-state index in [1.54, 1.807) is 24.3 Å². The number of anilines is 1. The normalized spacial score (nSPS) is 11.4. The number of ether oxygens (including phenoxy) is 1. The van der Waals surface area contributed by atoms with Gasteiger partial charge in [0.2, 0.25) is 5.91 Å². The third-order valence-electron chi connectivity index (χ3n) is 2.34. The molecule has 0 bridgehead atoms. The molecule has 0 aliphatic carbocycles. The van der Waals surface area contributed by atoms with Crippen LogP contribution in [-0.2, 0) is 4.79 Å². The molecule has 5 nitrogen and oxygen atoms in total. The number of nitriles is 1. The van der Waals surface area contributed by atoms with Gasteiger partial charge in [0.15, 0.2) is 6.61 Å². The van der Waals surface area contributed by atoms with Gasteiger partial charge in [-0.1, -0.05) is 19.4 Å². The van der Waals surface area contributed by atoms with Gasteiger partial charge < -0.3 is 15.8 Å². The van der Waals surface area contributed by atoms with E-state index in [0.29, 0.717) is 17.9 Å². The molecule has 0 aliphatic heterocycles. The van der Waals surface area contributed by atoms with Gasteiger partial charge in [-0.15, -0.1) is 0 Å². The molecule has 5 heteroatoms. The smallest absolute Gasteiger partial charge is 0.241 e. The van der Waals surface area contributed by atoms with Crippen molar-refractivity contribution >= 4 is 11.6 Å². The number of benzene rings is 1. The Labute approximate surface area is 107 Å². The van der Waals surface area contributed by atoms with Gasteiger partial charge in [-0.2, -0.15) is 5.26 Å². The van der Waals surface area contributed by atoms with Crippen LogP contribution in [0.1, 0.15) is 19.8 Å². The van der Waals surface area contributed by atoms with E-state index in [-0.39, 0.29) is 12.5 Å². The monoisotopic (exact) mass is 247 g/mol. The van der Waals surface area contributed by atoms with E-state index in [9.17, 15) is 4.79 Å². The molecule has 0 aliphatic rings. The van der Waals surface area contributed by atoms with Crippen LogP contribution in [0.5, 0.6) is 5.75 Å². The van der Waals surface area contributed by atoms with E-state index in [1.165, 1.54) is 0 Å². The molecular formula is C13H17N3O2. The summed E-state index contributed by atoms with van der Waals surface area (Å²) in [5.74, 6) is 0.327. The second kappa shape index (κ2) is 7.30. The van der Waals surface area contributed by atoms with Gasteiger partial charge in [0, 0.05) is 11.8 Å². The van der Waals surface area contributed by atoms with Gasteiger partial charge >= 0.3 is 0 Å². The predicted molar refractivity (Wildman–Crippen MR) is 69.1 cm³/mol. The summed E-state index contributed by atoms with van der Waals surface area (Å²) in [5, 5.41) is 11.1. The first kappa shape index (κ1) is 14.0. The number of rotatable bonds is 6. The second-order valence-electron chi connectivity index (χ2n) is 3.86. The van der Waals surface area contributed by atoms with Crippen molar-refractivity contribution in [3.05, 3.63) is 24.3 Å². The maximum atomic E-state index is 11.7. The molecule has 0 heterocycles. The summed E-state index contributed by atoms with van der Waals surface area (Å²) in [6, 6.07) is 8.25. The van der Waals surface area contributed by atoms with Crippen molar-refractivity contribution in [2.45, 2.75) is 25.8 Å². The highest BCUT2D eigenvalue weighted by Gasteiger charge is 2.12. The van der Waals surface area contributed by atoms with Crippen LogP contribution in [0.25, 0.3) is 0 Å². The molecule has 0 fully saturated rings. The van der Waals surface area contributed by atoms with E-state index in [2.05, 4.69) is 5.32 Å². The average Bonchev–Trinajstić information content (AvgIpc) is 2.37. The third-order valence-corrected chi connectivity index (χ3v) is 2.34. The van der Waals surface area contributed by atoms with E-state index in [4.69, 9.17) is 15.7 Å². The zero-order valence-electron chi connectivity index (χ0n) is 10.3. The number of nitrogens with zero attached hydrogens (tertiary/aromatic N) is 1. The molecule has 0 radical (unpaired) electrons. The highest BCUT2D eigenvalue weighted by atomic mass is 16.5. The molecule has 0 aromatic heterocycles. The maximum absolute atomic E-state index is 11.7. The van der Waals surface area contributed by atoms with Gasteiger partial charge in [0.1, 0.15) is 11.8 Å². The molecule has 0 unspecified atom stereocenters. The number of hydrogen-bond donors (Lipinski definition) is 2. The van der Waals surface area contributed by atoms with Gasteiger partial charge in [0.25, 0.3) is 0 Å². The Morgan fingerprint density at radius 1 is 1.61 bits per heavy atom. The molecule has 0 saturated carbocycles. The Balaban J connectivity index is 2.61. The highest BCUT2D eigenvalue weighted by Crippen LogP contribution is 2.17. The average molecular weight is 247 g/mol. The fourth-order valence-corrected chi connectivity index (χ4v) is 1.46.